The van der Waals surface area contributed by atoms with Gasteiger partial charge in [-0.15, -0.1) is 0 Å². The van der Waals surface area contributed by atoms with Crippen LogP contribution in [0.3, 0.4) is 0 Å². The van der Waals surface area contributed by atoms with Crippen molar-refractivity contribution in [2.24, 2.45) is 7.05 Å². The smallest absolute Gasteiger partial charge is 0.279 e. The Bertz CT molecular complexity index is 708. The Morgan fingerprint density at radius 1 is 1.50 bits per heavy atom. The van der Waals surface area contributed by atoms with E-state index in [0.29, 0.717) is 17.6 Å². The van der Waals surface area contributed by atoms with Crippen molar-refractivity contribution in [3.63, 3.8) is 0 Å². The molecular weight excluding hydrogens is 208 g/mol. The number of aromatic amines is 1. The lowest BCUT2D eigenvalue weighted by atomic mass is 10.5. The minimum absolute atomic E-state index is 0.294. The van der Waals surface area contributed by atoms with Gasteiger partial charge in [-0.3, -0.25) is 18.9 Å². The molecule has 16 heavy (non-hydrogen) atoms. The Morgan fingerprint density at radius 2 is 2.25 bits per heavy atom. The largest absolute Gasteiger partial charge is 0.329 e. The summed E-state index contributed by atoms with van der Waals surface area (Å²) in [5.41, 5.74) is -0.325. The molecule has 6 heteroatoms. The molecule has 2 rings (SSSR count). The highest BCUT2D eigenvalue weighted by Gasteiger charge is 2.09. The van der Waals surface area contributed by atoms with Crippen molar-refractivity contribution in [1.82, 2.24) is 19.1 Å². The summed E-state index contributed by atoms with van der Waals surface area (Å²) in [6.45, 7) is 1.91. The molecular formula is C10H10N4O2. The Kier molecular flexibility index (Phi) is 2.37. The Balaban J connectivity index is 2.88. The van der Waals surface area contributed by atoms with Crippen molar-refractivity contribution in [1.29, 1.82) is 0 Å². The van der Waals surface area contributed by atoms with E-state index in [1.165, 1.54) is 15.5 Å². The molecule has 2 aromatic heterocycles. The summed E-state index contributed by atoms with van der Waals surface area (Å²) in [7, 11) is 1.55. The molecule has 2 heterocycles. The molecule has 0 aliphatic carbocycles. The number of rotatable bonds is 0. The number of aryl methyl sites for hydroxylation is 1. The van der Waals surface area contributed by atoms with E-state index in [1.807, 2.05) is 6.92 Å². The van der Waals surface area contributed by atoms with E-state index in [-0.39, 0.29) is 0 Å². The van der Waals surface area contributed by atoms with Crippen molar-refractivity contribution in [3.05, 3.63) is 27.2 Å². The number of hydrogen-bond donors (Lipinski definition) is 1. The molecule has 6 nitrogen and oxygen atoms in total. The summed E-state index contributed by atoms with van der Waals surface area (Å²) in [5.74, 6) is 2.84. The van der Waals surface area contributed by atoms with Gasteiger partial charge < -0.3 is 0 Å². The molecule has 0 spiro atoms. The van der Waals surface area contributed by atoms with Crippen LogP contribution in [0.15, 0.2) is 15.9 Å². The number of H-pyrrole nitrogens is 1. The summed E-state index contributed by atoms with van der Waals surface area (Å²) in [5, 5.41) is 0. The fourth-order valence-electron chi connectivity index (χ4n) is 1.38. The van der Waals surface area contributed by atoms with Gasteiger partial charge in [0.15, 0.2) is 11.2 Å². The maximum Gasteiger partial charge on any atom is 0.329 e. The van der Waals surface area contributed by atoms with Crippen molar-refractivity contribution in [2.75, 3.05) is 0 Å². The fraction of sp³-hybridized carbons (Fsp3) is 0.300. The second kappa shape index (κ2) is 3.70. The van der Waals surface area contributed by atoms with Gasteiger partial charge in [0.2, 0.25) is 0 Å². The van der Waals surface area contributed by atoms with Gasteiger partial charge in [-0.25, -0.2) is 9.78 Å². The van der Waals surface area contributed by atoms with E-state index in [2.05, 4.69) is 21.9 Å². The average Bonchev–Trinajstić information content (AvgIpc) is 2.67. The molecule has 0 atom stereocenters. The van der Waals surface area contributed by atoms with E-state index in [9.17, 15) is 9.59 Å². The third-order valence-corrected chi connectivity index (χ3v) is 2.18. The monoisotopic (exact) mass is 218 g/mol. The van der Waals surface area contributed by atoms with Gasteiger partial charge in [0, 0.05) is 19.5 Å². The van der Waals surface area contributed by atoms with E-state index in [4.69, 9.17) is 0 Å². The van der Waals surface area contributed by atoms with Gasteiger partial charge in [0.25, 0.3) is 5.56 Å². The lowest BCUT2D eigenvalue weighted by Gasteiger charge is -1.96. The number of hydrogen-bond acceptors (Lipinski definition) is 3. The van der Waals surface area contributed by atoms with E-state index >= 15 is 0 Å². The van der Waals surface area contributed by atoms with Gasteiger partial charge in [-0.05, 0) is 0 Å². The zero-order chi connectivity index (χ0) is 11.7. The molecule has 0 saturated heterocycles. The van der Waals surface area contributed by atoms with Gasteiger partial charge >= 0.3 is 5.69 Å². The first-order chi connectivity index (χ1) is 7.65. The van der Waals surface area contributed by atoms with Gasteiger partial charge in [-0.1, -0.05) is 12.8 Å². The van der Waals surface area contributed by atoms with E-state index < -0.39 is 11.2 Å². The van der Waals surface area contributed by atoms with E-state index in [0.717, 1.165) is 0 Å². The standard InChI is InChI=1S/C10H10N4O2/c1-3-4-5-14-6-11-8-7(14)9(15)12-10(16)13(8)2/h6H,3H2,1-2H3,(H,12,15,16). The Morgan fingerprint density at radius 3 is 2.94 bits per heavy atom. The van der Waals surface area contributed by atoms with Crippen LogP contribution in [0.4, 0.5) is 0 Å². The summed E-state index contributed by atoms with van der Waals surface area (Å²) < 4.78 is 2.71. The third-order valence-electron chi connectivity index (χ3n) is 2.18. The topological polar surface area (TPSA) is 72.7 Å². The first kappa shape index (κ1) is 10.2. The predicted octanol–water partition coefficient (Wildman–Crippen LogP) is -0.358. The zero-order valence-corrected chi connectivity index (χ0v) is 8.94. The predicted molar refractivity (Wildman–Crippen MR) is 59.1 cm³/mol. The minimum atomic E-state index is -0.480. The van der Waals surface area contributed by atoms with Gasteiger partial charge in [-0.2, -0.15) is 0 Å². The summed E-state index contributed by atoms with van der Waals surface area (Å²) in [6, 6.07) is 2.77. The summed E-state index contributed by atoms with van der Waals surface area (Å²) >= 11 is 0. The van der Waals surface area contributed by atoms with Crippen LogP contribution in [0.2, 0.25) is 0 Å². The Labute approximate surface area is 90.5 Å². The van der Waals surface area contributed by atoms with Crippen LogP contribution in [0.5, 0.6) is 0 Å². The van der Waals surface area contributed by atoms with Gasteiger partial charge in [0.05, 0.1) is 0 Å². The van der Waals surface area contributed by atoms with Crippen LogP contribution in [-0.4, -0.2) is 19.1 Å². The quantitative estimate of drug-likeness (QED) is 0.614. The molecule has 1 N–H and O–H groups in total. The first-order valence-electron chi connectivity index (χ1n) is 4.80. The first-order valence-corrected chi connectivity index (χ1v) is 4.80. The number of fused-ring (bicyclic) bond motifs is 1. The summed E-state index contributed by atoms with van der Waals surface area (Å²) in [6.07, 6.45) is 2.12. The number of nitrogens with zero attached hydrogens (tertiary/aromatic N) is 3. The van der Waals surface area contributed by atoms with Crippen molar-refractivity contribution >= 4 is 11.2 Å². The molecule has 0 aliphatic heterocycles. The normalized spacial score (nSPS) is 10.1. The number of imidazole rings is 1. The van der Waals surface area contributed by atoms with Gasteiger partial charge in [0.1, 0.15) is 6.33 Å². The maximum atomic E-state index is 11.6. The molecule has 0 aromatic carbocycles. The highest BCUT2D eigenvalue weighted by molar-refractivity contribution is 5.70. The molecule has 0 saturated carbocycles. The highest BCUT2D eigenvalue weighted by Crippen LogP contribution is 2.02. The zero-order valence-electron chi connectivity index (χ0n) is 8.94. The number of aromatic nitrogens is 4. The Hall–Kier alpha value is -2.29. The van der Waals surface area contributed by atoms with Crippen LogP contribution in [-0.2, 0) is 7.05 Å². The lowest BCUT2D eigenvalue weighted by Crippen LogP contribution is -2.29. The van der Waals surface area contributed by atoms with Crippen LogP contribution in [0.1, 0.15) is 13.3 Å². The molecule has 2 aromatic rings. The molecule has 0 bridgehead atoms. The fourth-order valence-corrected chi connectivity index (χ4v) is 1.38. The second-order valence-electron chi connectivity index (χ2n) is 3.25. The second-order valence-corrected chi connectivity index (χ2v) is 3.25. The van der Waals surface area contributed by atoms with Crippen LogP contribution in [0, 0.1) is 12.0 Å². The maximum absolute atomic E-state index is 11.6. The van der Waals surface area contributed by atoms with Crippen molar-refractivity contribution in [3.8, 4) is 12.0 Å². The molecule has 82 valence electrons. The molecule has 0 amide bonds. The van der Waals surface area contributed by atoms with E-state index in [1.54, 1.807) is 7.05 Å². The van der Waals surface area contributed by atoms with Crippen molar-refractivity contribution < 1.29 is 0 Å². The molecule has 0 radical (unpaired) electrons. The molecule has 0 unspecified atom stereocenters. The SMILES string of the molecule is CCC#Cn1cnc2c1c(=O)[nH]c(=O)n2C. The van der Waals surface area contributed by atoms with Crippen LogP contribution >= 0.6 is 0 Å². The number of nitrogens with one attached hydrogen (secondary N) is 1. The molecule has 0 fully saturated rings. The van der Waals surface area contributed by atoms with Crippen LogP contribution < -0.4 is 11.2 Å². The lowest BCUT2D eigenvalue weighted by molar-refractivity contribution is 0.831. The third kappa shape index (κ3) is 1.42. The van der Waals surface area contributed by atoms with Crippen LogP contribution in [0.25, 0.3) is 11.2 Å². The average molecular weight is 218 g/mol. The minimum Gasteiger partial charge on any atom is -0.279 e. The highest BCUT2D eigenvalue weighted by atomic mass is 16.2. The molecule has 0 aliphatic rings. The van der Waals surface area contributed by atoms with Crippen molar-refractivity contribution in [2.45, 2.75) is 13.3 Å². The summed E-state index contributed by atoms with van der Waals surface area (Å²) in [4.78, 5) is 29.1.